The first-order chi connectivity index (χ1) is 19.3. The summed E-state index contributed by atoms with van der Waals surface area (Å²) in [6.45, 7) is 1.07. The van der Waals surface area contributed by atoms with E-state index in [1.807, 2.05) is 11.0 Å². The quantitative estimate of drug-likeness (QED) is 0.367. The fourth-order valence-corrected chi connectivity index (χ4v) is 5.12. The molecule has 1 aliphatic heterocycles. The predicted octanol–water partition coefficient (Wildman–Crippen LogP) is 2.61. The average Bonchev–Trinajstić information content (AvgIpc) is 3.73. The van der Waals surface area contributed by atoms with Gasteiger partial charge < -0.3 is 20.1 Å². The van der Waals surface area contributed by atoms with Crippen molar-refractivity contribution in [1.82, 2.24) is 24.2 Å². The topological polar surface area (TPSA) is 132 Å². The van der Waals surface area contributed by atoms with Gasteiger partial charge in [0.15, 0.2) is 5.65 Å². The summed E-state index contributed by atoms with van der Waals surface area (Å²) in [5, 5.41) is 18.8. The molecule has 206 valence electrons. The van der Waals surface area contributed by atoms with Gasteiger partial charge in [-0.05, 0) is 68.1 Å². The van der Waals surface area contributed by atoms with Crippen molar-refractivity contribution in [2.45, 2.75) is 37.8 Å². The van der Waals surface area contributed by atoms with E-state index in [0.29, 0.717) is 59.7 Å². The summed E-state index contributed by atoms with van der Waals surface area (Å²) in [6, 6.07) is 13.9. The minimum Gasteiger partial charge on any atom is -0.497 e. The van der Waals surface area contributed by atoms with E-state index in [1.165, 1.54) is 17.1 Å². The lowest BCUT2D eigenvalue weighted by molar-refractivity contribution is -0.137. The van der Waals surface area contributed by atoms with E-state index >= 15 is 0 Å². The molecule has 0 atom stereocenters. The average molecular weight is 543 g/mol. The van der Waals surface area contributed by atoms with Crippen molar-refractivity contribution in [3.05, 3.63) is 77.0 Å². The van der Waals surface area contributed by atoms with Gasteiger partial charge in [-0.3, -0.25) is 19.0 Å². The van der Waals surface area contributed by atoms with Gasteiger partial charge in [0.1, 0.15) is 17.5 Å². The summed E-state index contributed by atoms with van der Waals surface area (Å²) in [5.74, 6) is 0.726. The normalized spacial score (nSPS) is 16.6. The lowest BCUT2D eigenvalue weighted by Gasteiger charge is -2.38. The summed E-state index contributed by atoms with van der Waals surface area (Å²) < 4.78 is 8.10. The number of anilines is 1. The fourth-order valence-electron chi connectivity index (χ4n) is 5.12. The van der Waals surface area contributed by atoms with Gasteiger partial charge in [-0.15, -0.1) is 0 Å². The third kappa shape index (κ3) is 5.07. The number of carbonyl (C=O) groups is 2. The number of piperidine rings is 1. The van der Waals surface area contributed by atoms with E-state index in [9.17, 15) is 19.5 Å². The monoisotopic (exact) mass is 542 g/mol. The van der Waals surface area contributed by atoms with Gasteiger partial charge in [-0.25, -0.2) is 9.67 Å². The van der Waals surface area contributed by atoms with Gasteiger partial charge in [0, 0.05) is 30.3 Å². The molecule has 0 radical (unpaired) electrons. The number of likely N-dealkylation sites (tertiary alicyclic amines) is 1. The second-order valence-electron chi connectivity index (χ2n) is 10.5. The first-order valence-corrected chi connectivity index (χ1v) is 13.3. The zero-order valence-corrected chi connectivity index (χ0v) is 22.1. The molecule has 2 amide bonds. The van der Waals surface area contributed by atoms with Crippen molar-refractivity contribution in [3.63, 3.8) is 0 Å². The zero-order chi connectivity index (χ0) is 27.9. The number of nitrogens with zero attached hydrogens (tertiary/aromatic N) is 5. The van der Waals surface area contributed by atoms with E-state index < -0.39 is 5.60 Å². The molecule has 1 saturated carbocycles. The largest absolute Gasteiger partial charge is 0.497 e. The van der Waals surface area contributed by atoms with E-state index in [1.54, 1.807) is 54.3 Å². The molecule has 0 bridgehead atoms. The van der Waals surface area contributed by atoms with Crippen LogP contribution in [0.3, 0.4) is 0 Å². The van der Waals surface area contributed by atoms with Gasteiger partial charge in [-0.2, -0.15) is 5.10 Å². The maximum Gasteiger partial charge on any atom is 0.264 e. The van der Waals surface area contributed by atoms with Crippen LogP contribution in [0.2, 0.25) is 0 Å². The van der Waals surface area contributed by atoms with Gasteiger partial charge in [0.2, 0.25) is 5.91 Å². The molecule has 40 heavy (non-hydrogen) atoms. The van der Waals surface area contributed by atoms with Gasteiger partial charge >= 0.3 is 0 Å². The van der Waals surface area contributed by atoms with Crippen LogP contribution in [0.5, 0.6) is 5.75 Å². The highest BCUT2D eigenvalue weighted by Crippen LogP contribution is 2.33. The minimum atomic E-state index is -1.09. The molecule has 2 fully saturated rings. The Hall–Kier alpha value is -4.51. The summed E-state index contributed by atoms with van der Waals surface area (Å²) >= 11 is 0. The Bertz CT molecular complexity index is 1630. The third-order valence-electron chi connectivity index (χ3n) is 7.65. The van der Waals surface area contributed by atoms with Crippen LogP contribution in [0.15, 0.2) is 65.8 Å². The number of aliphatic hydroxyl groups is 1. The van der Waals surface area contributed by atoms with Gasteiger partial charge in [-0.1, -0.05) is 6.07 Å². The van der Waals surface area contributed by atoms with Crippen LogP contribution < -0.4 is 15.6 Å². The molecule has 2 aromatic carbocycles. The Balaban J connectivity index is 1.18. The number of carbonyl (C=O) groups excluding carboxylic acids is 2. The maximum atomic E-state index is 13.3. The number of aromatic nitrogens is 4. The second-order valence-corrected chi connectivity index (χ2v) is 10.5. The molecule has 2 aromatic heterocycles. The van der Waals surface area contributed by atoms with Crippen molar-refractivity contribution >= 4 is 28.5 Å². The van der Waals surface area contributed by atoms with Gasteiger partial charge in [0.25, 0.3) is 11.5 Å². The third-order valence-corrected chi connectivity index (χ3v) is 7.65. The SMILES string of the molecule is COc1ccc(C(=O)Nc2cccc(-n3ncc4c(=O)n(CC5(O)CCN(C(=O)C6CC6)CC5)cnc43)c2)cc1. The van der Waals surface area contributed by atoms with Crippen LogP contribution in [0.4, 0.5) is 5.69 Å². The number of ether oxygens (including phenoxy) is 1. The Kier molecular flexibility index (Phi) is 6.59. The highest BCUT2D eigenvalue weighted by atomic mass is 16.5. The number of amides is 2. The number of nitrogens with one attached hydrogen (secondary N) is 1. The lowest BCUT2D eigenvalue weighted by Crippen LogP contribution is -2.50. The van der Waals surface area contributed by atoms with Crippen LogP contribution in [0.25, 0.3) is 16.7 Å². The molecule has 0 unspecified atom stereocenters. The van der Waals surface area contributed by atoms with Crippen LogP contribution in [-0.2, 0) is 11.3 Å². The molecule has 4 aromatic rings. The van der Waals surface area contributed by atoms with Crippen molar-refractivity contribution in [1.29, 1.82) is 0 Å². The fraction of sp³-hybridized carbons (Fsp3) is 0.345. The molecule has 2 aliphatic rings. The van der Waals surface area contributed by atoms with Crippen molar-refractivity contribution < 1.29 is 19.4 Å². The zero-order valence-electron chi connectivity index (χ0n) is 22.1. The number of benzene rings is 2. The number of fused-ring (bicyclic) bond motifs is 1. The summed E-state index contributed by atoms with van der Waals surface area (Å²) in [7, 11) is 1.57. The first kappa shape index (κ1) is 25.8. The molecular formula is C29H30N6O5. The Labute approximate surface area is 230 Å². The highest BCUT2D eigenvalue weighted by Gasteiger charge is 2.39. The molecule has 1 aliphatic carbocycles. The van der Waals surface area contributed by atoms with Crippen LogP contribution in [-0.4, -0.2) is 67.0 Å². The first-order valence-electron chi connectivity index (χ1n) is 13.3. The minimum absolute atomic E-state index is 0.0955. The van der Waals surface area contributed by atoms with Crippen LogP contribution >= 0.6 is 0 Å². The molecule has 2 N–H and O–H groups in total. The number of hydrogen-bond acceptors (Lipinski definition) is 7. The summed E-state index contributed by atoms with van der Waals surface area (Å²) in [6.07, 6.45) is 5.62. The van der Waals surface area contributed by atoms with E-state index in [-0.39, 0.29) is 29.8 Å². The summed E-state index contributed by atoms with van der Waals surface area (Å²) in [4.78, 5) is 44.7. The molecule has 11 heteroatoms. The van der Waals surface area contributed by atoms with Crippen molar-refractivity contribution in [2.24, 2.45) is 5.92 Å². The molecule has 3 heterocycles. The number of hydrogen-bond donors (Lipinski definition) is 2. The number of rotatable bonds is 7. The highest BCUT2D eigenvalue weighted by molar-refractivity contribution is 6.04. The Morgan fingerprint density at radius 3 is 2.58 bits per heavy atom. The maximum absolute atomic E-state index is 13.3. The predicted molar refractivity (Wildman–Crippen MR) is 148 cm³/mol. The molecule has 11 nitrogen and oxygen atoms in total. The van der Waals surface area contributed by atoms with Crippen molar-refractivity contribution in [3.8, 4) is 11.4 Å². The van der Waals surface area contributed by atoms with Crippen molar-refractivity contribution in [2.75, 3.05) is 25.5 Å². The lowest BCUT2D eigenvalue weighted by atomic mass is 9.91. The molecule has 0 spiro atoms. The number of methoxy groups -OCH3 is 1. The Morgan fingerprint density at radius 1 is 1.12 bits per heavy atom. The molecule has 6 rings (SSSR count). The van der Waals surface area contributed by atoms with Crippen LogP contribution in [0.1, 0.15) is 36.0 Å². The Morgan fingerprint density at radius 2 is 1.88 bits per heavy atom. The van der Waals surface area contributed by atoms with Crippen LogP contribution in [0, 0.1) is 5.92 Å². The molecule has 1 saturated heterocycles. The molecular weight excluding hydrogens is 512 g/mol. The van der Waals surface area contributed by atoms with E-state index in [4.69, 9.17) is 4.74 Å². The van der Waals surface area contributed by atoms with Gasteiger partial charge in [0.05, 0.1) is 31.1 Å². The smallest absolute Gasteiger partial charge is 0.264 e. The van der Waals surface area contributed by atoms with E-state index in [2.05, 4.69) is 15.4 Å². The summed E-state index contributed by atoms with van der Waals surface area (Å²) in [5.41, 5.74) is 0.649. The second kappa shape index (κ2) is 10.2. The van der Waals surface area contributed by atoms with E-state index in [0.717, 1.165) is 12.8 Å². The standard InChI is InChI=1S/C29H30N6O5/c1-40-23-9-7-19(8-10-23)26(36)32-21-3-2-4-22(15-21)35-25-24(16-31-35)28(38)34(18-30-25)17-29(39)11-13-33(14-12-29)27(37)20-5-6-20/h2-4,7-10,15-16,18,20,39H,5-6,11-14,17H2,1H3,(H,32,36).